The van der Waals surface area contributed by atoms with Crippen molar-refractivity contribution in [3.63, 3.8) is 0 Å². The second-order valence-electron chi connectivity index (χ2n) is 7.93. The molecule has 2 N–H and O–H groups in total. The van der Waals surface area contributed by atoms with Gasteiger partial charge in [-0.15, -0.1) is 0 Å². The number of thioether (sulfide) groups is 1. The summed E-state index contributed by atoms with van der Waals surface area (Å²) in [4.78, 5) is 1.88. The molecule has 1 fully saturated rings. The molecule has 10 heteroatoms. The Morgan fingerprint density at radius 1 is 1.00 bits per heavy atom. The molecule has 0 bridgehead atoms. The standard InChI is InChI=1S/C24H22N2O5S3/c27-24(16-33-23(32)26(24)15-17-4-2-1-3-5-17)18-6-8-19(9-7-18)25-34(28,29)20-10-11-21-22(14-20)31-13-12-30-21/h1-11,14,25,27H,12-13,15-16H2. The van der Waals surface area contributed by atoms with E-state index in [4.69, 9.17) is 21.7 Å². The lowest BCUT2D eigenvalue weighted by Gasteiger charge is -2.34. The average Bonchev–Trinajstić information content (AvgIpc) is 3.14. The van der Waals surface area contributed by atoms with Crippen molar-refractivity contribution in [2.24, 2.45) is 0 Å². The fourth-order valence-corrected chi connectivity index (χ4v) is 6.36. The van der Waals surface area contributed by atoms with E-state index in [-0.39, 0.29) is 4.90 Å². The van der Waals surface area contributed by atoms with E-state index in [0.717, 1.165) is 5.56 Å². The zero-order chi connectivity index (χ0) is 23.8. The molecule has 0 aliphatic carbocycles. The topological polar surface area (TPSA) is 88.1 Å². The molecule has 2 heterocycles. The van der Waals surface area contributed by atoms with E-state index < -0.39 is 15.7 Å². The van der Waals surface area contributed by atoms with Crippen LogP contribution in [0.15, 0.2) is 77.7 Å². The number of hydrogen-bond donors (Lipinski definition) is 2. The van der Waals surface area contributed by atoms with Crippen LogP contribution in [0, 0.1) is 0 Å². The Hall–Kier alpha value is -2.79. The van der Waals surface area contributed by atoms with Crippen molar-refractivity contribution < 1.29 is 23.0 Å². The molecule has 1 unspecified atom stereocenters. The predicted molar refractivity (Wildman–Crippen MR) is 136 cm³/mol. The zero-order valence-corrected chi connectivity index (χ0v) is 20.5. The van der Waals surface area contributed by atoms with Gasteiger partial charge in [0.15, 0.2) is 17.2 Å². The summed E-state index contributed by atoms with van der Waals surface area (Å²) in [6.07, 6.45) is 0. The van der Waals surface area contributed by atoms with Gasteiger partial charge in [0.2, 0.25) is 0 Å². The Morgan fingerprint density at radius 2 is 1.71 bits per heavy atom. The van der Waals surface area contributed by atoms with Gasteiger partial charge in [-0.1, -0.05) is 66.4 Å². The lowest BCUT2D eigenvalue weighted by Crippen LogP contribution is -2.44. The van der Waals surface area contributed by atoms with Crippen LogP contribution in [-0.4, -0.2) is 41.7 Å². The number of sulfonamides is 1. The van der Waals surface area contributed by atoms with E-state index in [2.05, 4.69) is 4.72 Å². The summed E-state index contributed by atoms with van der Waals surface area (Å²) in [5.74, 6) is 1.32. The second-order valence-corrected chi connectivity index (χ2v) is 11.2. The molecular weight excluding hydrogens is 492 g/mol. The highest BCUT2D eigenvalue weighted by molar-refractivity contribution is 8.23. The lowest BCUT2D eigenvalue weighted by atomic mass is 10.0. The van der Waals surface area contributed by atoms with Crippen molar-refractivity contribution in [2.75, 3.05) is 23.7 Å². The minimum absolute atomic E-state index is 0.0750. The minimum Gasteiger partial charge on any atom is -0.486 e. The van der Waals surface area contributed by atoms with Gasteiger partial charge in [0.05, 0.1) is 10.6 Å². The van der Waals surface area contributed by atoms with Gasteiger partial charge < -0.3 is 19.5 Å². The Bertz CT molecular complexity index is 1320. The van der Waals surface area contributed by atoms with E-state index in [1.54, 1.807) is 35.2 Å². The highest BCUT2D eigenvalue weighted by atomic mass is 32.2. The molecule has 2 aliphatic rings. The Labute approximate surface area is 207 Å². The SMILES string of the molecule is O=S(=O)(Nc1ccc(C2(O)CSC(=S)N2Cc2ccccc2)cc1)c1ccc2c(c1)OCCO2. The molecule has 3 aromatic carbocycles. The fraction of sp³-hybridized carbons (Fsp3) is 0.208. The number of nitrogens with one attached hydrogen (secondary N) is 1. The number of thiocarbonyl (C=S) groups is 1. The lowest BCUT2D eigenvalue weighted by molar-refractivity contribution is -0.0508. The number of anilines is 1. The van der Waals surface area contributed by atoms with Gasteiger partial charge >= 0.3 is 0 Å². The molecular formula is C24H22N2O5S3. The van der Waals surface area contributed by atoms with Gasteiger partial charge in [0, 0.05) is 23.9 Å². The Morgan fingerprint density at radius 3 is 2.44 bits per heavy atom. The molecule has 7 nitrogen and oxygen atoms in total. The molecule has 1 saturated heterocycles. The zero-order valence-electron chi connectivity index (χ0n) is 18.0. The third-order valence-electron chi connectivity index (χ3n) is 5.67. The van der Waals surface area contributed by atoms with E-state index in [1.807, 2.05) is 30.3 Å². The monoisotopic (exact) mass is 514 g/mol. The highest BCUT2D eigenvalue weighted by Gasteiger charge is 2.44. The molecule has 34 heavy (non-hydrogen) atoms. The highest BCUT2D eigenvalue weighted by Crippen LogP contribution is 2.40. The van der Waals surface area contributed by atoms with Crippen LogP contribution in [0.3, 0.4) is 0 Å². The molecule has 2 aliphatic heterocycles. The summed E-state index contributed by atoms with van der Waals surface area (Å²) in [5.41, 5.74) is 0.767. The summed E-state index contributed by atoms with van der Waals surface area (Å²) >= 11 is 6.92. The number of benzene rings is 3. The molecule has 0 saturated carbocycles. The molecule has 1 atom stereocenters. The van der Waals surface area contributed by atoms with Gasteiger partial charge in [-0.2, -0.15) is 0 Å². The smallest absolute Gasteiger partial charge is 0.262 e. The van der Waals surface area contributed by atoms with Crippen LogP contribution in [0.25, 0.3) is 0 Å². The summed E-state index contributed by atoms with van der Waals surface area (Å²) < 4.78 is 40.0. The van der Waals surface area contributed by atoms with Crippen molar-refractivity contribution in [3.05, 3.63) is 83.9 Å². The van der Waals surface area contributed by atoms with Crippen molar-refractivity contribution in [3.8, 4) is 11.5 Å². The second kappa shape index (κ2) is 9.10. The van der Waals surface area contributed by atoms with Crippen LogP contribution in [0.2, 0.25) is 0 Å². The van der Waals surface area contributed by atoms with Crippen molar-refractivity contribution in [1.82, 2.24) is 4.90 Å². The maximum Gasteiger partial charge on any atom is 0.262 e. The van der Waals surface area contributed by atoms with Gasteiger partial charge in [-0.05, 0) is 29.8 Å². The summed E-state index contributed by atoms with van der Waals surface area (Å²) in [6, 6.07) is 21.0. The first-order chi connectivity index (χ1) is 16.3. The first kappa shape index (κ1) is 23.0. The number of nitrogens with zero attached hydrogens (tertiary/aromatic N) is 1. The van der Waals surface area contributed by atoms with Crippen LogP contribution < -0.4 is 14.2 Å². The maximum absolute atomic E-state index is 12.9. The van der Waals surface area contributed by atoms with E-state index >= 15 is 0 Å². The molecule has 3 aromatic rings. The quantitative estimate of drug-likeness (QED) is 0.479. The summed E-state index contributed by atoms with van der Waals surface area (Å²) in [5, 5.41) is 11.5. The van der Waals surface area contributed by atoms with E-state index in [0.29, 0.717) is 52.6 Å². The number of aliphatic hydroxyl groups is 1. The molecule has 5 rings (SSSR count). The fourth-order valence-electron chi connectivity index (χ4n) is 3.88. The third-order valence-corrected chi connectivity index (χ3v) is 8.64. The largest absolute Gasteiger partial charge is 0.486 e. The van der Waals surface area contributed by atoms with Crippen LogP contribution in [0.5, 0.6) is 11.5 Å². The third kappa shape index (κ3) is 4.46. The van der Waals surface area contributed by atoms with Crippen LogP contribution >= 0.6 is 24.0 Å². The van der Waals surface area contributed by atoms with Gasteiger partial charge in [-0.3, -0.25) is 4.72 Å². The number of fused-ring (bicyclic) bond motifs is 1. The van der Waals surface area contributed by atoms with E-state index in [9.17, 15) is 13.5 Å². The van der Waals surface area contributed by atoms with Crippen LogP contribution in [0.1, 0.15) is 11.1 Å². The van der Waals surface area contributed by atoms with E-state index in [1.165, 1.54) is 23.9 Å². The van der Waals surface area contributed by atoms with Crippen molar-refractivity contribution in [1.29, 1.82) is 0 Å². The summed E-state index contributed by atoms with van der Waals surface area (Å²) in [7, 11) is -3.84. The normalized spacial score (nSPS) is 19.8. The summed E-state index contributed by atoms with van der Waals surface area (Å²) in [6.45, 7) is 1.28. The first-order valence-corrected chi connectivity index (χ1v) is 13.5. The van der Waals surface area contributed by atoms with Crippen molar-refractivity contribution in [2.45, 2.75) is 17.2 Å². The molecule has 0 radical (unpaired) electrons. The first-order valence-electron chi connectivity index (χ1n) is 10.6. The average molecular weight is 515 g/mol. The minimum atomic E-state index is -3.84. The maximum atomic E-state index is 12.9. The van der Waals surface area contributed by atoms with Crippen LogP contribution in [-0.2, 0) is 22.3 Å². The number of hydrogen-bond acceptors (Lipinski definition) is 7. The molecule has 176 valence electrons. The van der Waals surface area contributed by atoms with Gasteiger partial charge in [0.1, 0.15) is 17.5 Å². The van der Waals surface area contributed by atoms with Crippen LogP contribution in [0.4, 0.5) is 5.69 Å². The van der Waals surface area contributed by atoms with Crippen molar-refractivity contribution >= 4 is 44.0 Å². The molecule has 0 amide bonds. The van der Waals surface area contributed by atoms with Gasteiger partial charge in [-0.25, -0.2) is 8.42 Å². The molecule has 0 spiro atoms. The van der Waals surface area contributed by atoms with Gasteiger partial charge in [0.25, 0.3) is 10.0 Å². The predicted octanol–water partition coefficient (Wildman–Crippen LogP) is 3.94. The number of ether oxygens (including phenoxy) is 2. The molecule has 0 aromatic heterocycles. The Kier molecular flexibility index (Phi) is 6.15. The number of rotatable bonds is 6. The Balaban J connectivity index is 1.35.